The van der Waals surface area contributed by atoms with Crippen LogP contribution < -0.4 is 5.32 Å². The molecule has 0 aliphatic heterocycles. The topological polar surface area (TPSA) is 21.3 Å². The van der Waals surface area contributed by atoms with Crippen LogP contribution in [0.1, 0.15) is 33.6 Å². The molecule has 2 heteroatoms. The van der Waals surface area contributed by atoms with E-state index in [9.17, 15) is 0 Å². The number of nitrogens with one attached hydrogen (secondary N) is 1. The molecule has 1 saturated carbocycles. The van der Waals surface area contributed by atoms with Crippen molar-refractivity contribution >= 4 is 0 Å². The first-order valence-electron chi connectivity index (χ1n) is 4.90. The minimum absolute atomic E-state index is 0.397. The van der Waals surface area contributed by atoms with E-state index in [1.54, 1.807) is 0 Å². The van der Waals surface area contributed by atoms with E-state index in [-0.39, 0.29) is 0 Å². The Labute approximate surface area is 75.7 Å². The molecule has 2 atom stereocenters. The summed E-state index contributed by atoms with van der Waals surface area (Å²) in [5.74, 6) is 0. The molecule has 1 fully saturated rings. The van der Waals surface area contributed by atoms with E-state index in [4.69, 9.17) is 4.74 Å². The summed E-state index contributed by atoms with van der Waals surface area (Å²) in [6, 6.07) is 0.525. The third kappa shape index (κ3) is 1.80. The standard InChI is InChI=1S/C10H21NO/c1-5-12-8-6-7-10(2,3)9(8)11-4/h8-9,11H,5-7H2,1-4H3. The summed E-state index contributed by atoms with van der Waals surface area (Å²) in [5, 5.41) is 3.36. The molecule has 2 nitrogen and oxygen atoms in total. The first-order chi connectivity index (χ1) is 5.61. The van der Waals surface area contributed by atoms with Gasteiger partial charge in [-0.2, -0.15) is 0 Å². The summed E-state index contributed by atoms with van der Waals surface area (Å²) < 4.78 is 5.68. The van der Waals surface area contributed by atoms with Crippen molar-refractivity contribution in [2.45, 2.75) is 45.8 Å². The van der Waals surface area contributed by atoms with Gasteiger partial charge in [0.15, 0.2) is 0 Å². The van der Waals surface area contributed by atoms with Gasteiger partial charge in [0.2, 0.25) is 0 Å². The van der Waals surface area contributed by atoms with Gasteiger partial charge in [0.25, 0.3) is 0 Å². The molecule has 12 heavy (non-hydrogen) atoms. The minimum atomic E-state index is 0.397. The van der Waals surface area contributed by atoms with E-state index in [0.717, 1.165) is 6.61 Å². The normalized spacial score (nSPS) is 34.0. The number of ether oxygens (including phenoxy) is 1. The lowest BCUT2D eigenvalue weighted by Gasteiger charge is -2.29. The van der Waals surface area contributed by atoms with E-state index in [2.05, 4.69) is 26.1 Å². The fourth-order valence-corrected chi connectivity index (χ4v) is 2.31. The molecule has 0 amide bonds. The van der Waals surface area contributed by atoms with Crippen molar-refractivity contribution in [3.05, 3.63) is 0 Å². The Kier molecular flexibility index (Phi) is 3.13. The second-order valence-electron chi connectivity index (χ2n) is 4.29. The molecular formula is C10H21NO. The molecule has 0 aromatic rings. The third-order valence-corrected chi connectivity index (χ3v) is 2.98. The average Bonchev–Trinajstić information content (AvgIpc) is 2.27. The number of likely N-dealkylation sites (N-methyl/N-ethyl adjacent to an activating group) is 1. The van der Waals surface area contributed by atoms with Crippen LogP contribution >= 0.6 is 0 Å². The zero-order chi connectivity index (χ0) is 9.19. The largest absolute Gasteiger partial charge is 0.377 e. The van der Waals surface area contributed by atoms with Gasteiger partial charge < -0.3 is 10.1 Å². The monoisotopic (exact) mass is 171 g/mol. The predicted molar refractivity (Wildman–Crippen MR) is 51.3 cm³/mol. The van der Waals surface area contributed by atoms with Gasteiger partial charge in [0.1, 0.15) is 0 Å². The molecule has 0 radical (unpaired) electrons. The fourth-order valence-electron chi connectivity index (χ4n) is 2.31. The number of rotatable bonds is 3. The molecule has 1 aliphatic rings. The molecule has 0 bridgehead atoms. The third-order valence-electron chi connectivity index (χ3n) is 2.98. The van der Waals surface area contributed by atoms with Gasteiger partial charge in [0.05, 0.1) is 6.10 Å². The highest BCUT2D eigenvalue weighted by Gasteiger charge is 2.41. The van der Waals surface area contributed by atoms with Crippen molar-refractivity contribution in [2.75, 3.05) is 13.7 Å². The highest BCUT2D eigenvalue weighted by atomic mass is 16.5. The van der Waals surface area contributed by atoms with Gasteiger partial charge in [-0.15, -0.1) is 0 Å². The van der Waals surface area contributed by atoms with Gasteiger partial charge in [0, 0.05) is 12.6 Å². The summed E-state index contributed by atoms with van der Waals surface area (Å²) in [4.78, 5) is 0. The number of hydrogen-bond donors (Lipinski definition) is 1. The maximum absolute atomic E-state index is 5.68. The summed E-state index contributed by atoms with van der Waals surface area (Å²) in [6.45, 7) is 7.53. The average molecular weight is 171 g/mol. The maximum atomic E-state index is 5.68. The molecule has 0 heterocycles. The molecule has 72 valence electrons. The minimum Gasteiger partial charge on any atom is -0.377 e. The summed E-state index contributed by atoms with van der Waals surface area (Å²) in [5.41, 5.74) is 0.397. The predicted octanol–water partition coefficient (Wildman–Crippen LogP) is 1.80. The van der Waals surface area contributed by atoms with E-state index >= 15 is 0 Å². The van der Waals surface area contributed by atoms with Crippen LogP contribution in [0.15, 0.2) is 0 Å². The number of hydrogen-bond acceptors (Lipinski definition) is 2. The van der Waals surface area contributed by atoms with Gasteiger partial charge in [-0.1, -0.05) is 13.8 Å². The van der Waals surface area contributed by atoms with Crippen molar-refractivity contribution in [1.82, 2.24) is 5.32 Å². The Bertz CT molecular complexity index is 145. The van der Waals surface area contributed by atoms with Crippen LogP contribution in [0.2, 0.25) is 0 Å². The highest BCUT2D eigenvalue weighted by Crippen LogP contribution is 2.38. The molecule has 0 saturated heterocycles. The van der Waals surface area contributed by atoms with Gasteiger partial charge in [-0.3, -0.25) is 0 Å². The van der Waals surface area contributed by atoms with Gasteiger partial charge in [-0.05, 0) is 32.2 Å². The Hall–Kier alpha value is -0.0800. The molecule has 1 aliphatic carbocycles. The lowest BCUT2D eigenvalue weighted by atomic mass is 9.87. The second kappa shape index (κ2) is 3.75. The summed E-state index contributed by atoms with van der Waals surface area (Å²) in [6.07, 6.45) is 2.89. The van der Waals surface area contributed by atoms with E-state index in [1.165, 1.54) is 12.8 Å². The highest BCUT2D eigenvalue weighted by molar-refractivity contribution is 4.96. The molecular weight excluding hydrogens is 150 g/mol. The van der Waals surface area contributed by atoms with Crippen molar-refractivity contribution in [1.29, 1.82) is 0 Å². The van der Waals surface area contributed by atoms with Crippen LogP contribution in [-0.2, 0) is 4.74 Å². The van der Waals surface area contributed by atoms with Crippen molar-refractivity contribution < 1.29 is 4.74 Å². The van der Waals surface area contributed by atoms with Crippen molar-refractivity contribution in [3.8, 4) is 0 Å². The van der Waals surface area contributed by atoms with Crippen LogP contribution in [-0.4, -0.2) is 25.8 Å². The fraction of sp³-hybridized carbons (Fsp3) is 1.00. The zero-order valence-corrected chi connectivity index (χ0v) is 8.68. The Morgan fingerprint density at radius 1 is 1.50 bits per heavy atom. The maximum Gasteiger partial charge on any atom is 0.0733 e. The smallest absolute Gasteiger partial charge is 0.0733 e. The molecule has 1 rings (SSSR count). The lowest BCUT2D eigenvalue weighted by Crippen LogP contribution is -2.43. The summed E-state index contributed by atoms with van der Waals surface area (Å²) >= 11 is 0. The Morgan fingerprint density at radius 3 is 2.67 bits per heavy atom. The summed E-state index contributed by atoms with van der Waals surface area (Å²) in [7, 11) is 2.03. The van der Waals surface area contributed by atoms with Crippen LogP contribution in [0.4, 0.5) is 0 Å². The van der Waals surface area contributed by atoms with Gasteiger partial charge in [-0.25, -0.2) is 0 Å². The van der Waals surface area contributed by atoms with Crippen LogP contribution in [0.25, 0.3) is 0 Å². The van der Waals surface area contributed by atoms with Crippen molar-refractivity contribution in [2.24, 2.45) is 5.41 Å². The van der Waals surface area contributed by atoms with Crippen LogP contribution in [0.3, 0.4) is 0 Å². The van der Waals surface area contributed by atoms with Gasteiger partial charge >= 0.3 is 0 Å². The first-order valence-corrected chi connectivity index (χ1v) is 4.90. The molecule has 0 aromatic carbocycles. The first kappa shape index (κ1) is 10.0. The Balaban J connectivity index is 2.56. The van der Waals surface area contributed by atoms with Crippen LogP contribution in [0, 0.1) is 5.41 Å². The van der Waals surface area contributed by atoms with Crippen LogP contribution in [0.5, 0.6) is 0 Å². The molecule has 1 N–H and O–H groups in total. The van der Waals surface area contributed by atoms with E-state index in [1.807, 2.05) is 7.05 Å². The molecule has 0 spiro atoms. The lowest BCUT2D eigenvalue weighted by molar-refractivity contribution is 0.0370. The Morgan fingerprint density at radius 2 is 2.17 bits per heavy atom. The van der Waals surface area contributed by atoms with E-state index < -0.39 is 0 Å². The molecule has 0 aromatic heterocycles. The SMILES string of the molecule is CCOC1CCC(C)(C)C1NC. The molecule has 2 unspecified atom stereocenters. The second-order valence-corrected chi connectivity index (χ2v) is 4.29. The zero-order valence-electron chi connectivity index (χ0n) is 8.68. The van der Waals surface area contributed by atoms with E-state index in [0.29, 0.717) is 17.6 Å². The van der Waals surface area contributed by atoms with Crippen molar-refractivity contribution in [3.63, 3.8) is 0 Å². The quantitative estimate of drug-likeness (QED) is 0.699.